The second-order valence-corrected chi connectivity index (χ2v) is 4.78. The number of rotatable bonds is 2. The van der Waals surface area contributed by atoms with Gasteiger partial charge in [0.2, 0.25) is 0 Å². The zero-order valence-corrected chi connectivity index (χ0v) is 10.7. The van der Waals surface area contributed by atoms with Crippen molar-refractivity contribution >= 4 is 15.9 Å². The molecule has 15 heavy (non-hydrogen) atoms. The quantitative estimate of drug-likeness (QED) is 0.789. The number of halogens is 1. The standard InChI is InChI=1S/C12H14BrNO/c1-8(2)14-9(3)7-10(13)12(14)11-5-4-6-15-11/h4-8H,1-3H3. The van der Waals surface area contributed by atoms with Gasteiger partial charge in [0.1, 0.15) is 0 Å². The van der Waals surface area contributed by atoms with Crippen LogP contribution in [0.3, 0.4) is 0 Å². The summed E-state index contributed by atoms with van der Waals surface area (Å²) >= 11 is 3.58. The molecule has 2 rings (SSSR count). The third-order valence-corrected chi connectivity index (χ3v) is 3.06. The van der Waals surface area contributed by atoms with E-state index in [-0.39, 0.29) is 0 Å². The minimum Gasteiger partial charge on any atom is -0.463 e. The van der Waals surface area contributed by atoms with Crippen LogP contribution >= 0.6 is 15.9 Å². The van der Waals surface area contributed by atoms with Gasteiger partial charge in [-0.3, -0.25) is 0 Å². The summed E-state index contributed by atoms with van der Waals surface area (Å²) in [5.74, 6) is 0.906. The molecule has 2 aromatic rings. The maximum atomic E-state index is 5.45. The summed E-state index contributed by atoms with van der Waals surface area (Å²) in [7, 11) is 0. The van der Waals surface area contributed by atoms with E-state index < -0.39 is 0 Å². The fourth-order valence-corrected chi connectivity index (χ4v) is 2.65. The lowest BCUT2D eigenvalue weighted by Crippen LogP contribution is -2.04. The smallest absolute Gasteiger partial charge is 0.151 e. The number of aromatic nitrogens is 1. The molecule has 0 fully saturated rings. The first kappa shape index (κ1) is 10.6. The van der Waals surface area contributed by atoms with Crippen molar-refractivity contribution in [2.24, 2.45) is 0 Å². The first-order valence-corrected chi connectivity index (χ1v) is 5.81. The molecular formula is C12H14BrNO. The van der Waals surface area contributed by atoms with Gasteiger partial charge in [0.05, 0.1) is 12.0 Å². The van der Waals surface area contributed by atoms with Gasteiger partial charge in [-0.1, -0.05) is 0 Å². The minimum atomic E-state index is 0.427. The highest BCUT2D eigenvalue weighted by atomic mass is 79.9. The van der Waals surface area contributed by atoms with Crippen LogP contribution in [0.4, 0.5) is 0 Å². The first-order chi connectivity index (χ1) is 7.11. The van der Waals surface area contributed by atoms with Crippen molar-refractivity contribution in [3.05, 3.63) is 34.6 Å². The van der Waals surface area contributed by atoms with Crippen molar-refractivity contribution in [1.82, 2.24) is 4.57 Å². The van der Waals surface area contributed by atoms with Gasteiger partial charge in [0.25, 0.3) is 0 Å². The summed E-state index contributed by atoms with van der Waals surface area (Å²) in [6.45, 7) is 6.45. The van der Waals surface area contributed by atoms with E-state index in [0.717, 1.165) is 15.9 Å². The molecule has 0 aliphatic carbocycles. The molecule has 2 aromatic heterocycles. The Hall–Kier alpha value is -0.960. The van der Waals surface area contributed by atoms with Gasteiger partial charge < -0.3 is 8.98 Å². The predicted molar refractivity (Wildman–Crippen MR) is 65.0 cm³/mol. The van der Waals surface area contributed by atoms with Crippen molar-refractivity contribution < 1.29 is 4.42 Å². The zero-order chi connectivity index (χ0) is 11.0. The van der Waals surface area contributed by atoms with Crippen molar-refractivity contribution in [2.75, 3.05) is 0 Å². The molecule has 0 aliphatic heterocycles. The Morgan fingerprint density at radius 2 is 2.13 bits per heavy atom. The van der Waals surface area contributed by atoms with Crippen LogP contribution in [-0.4, -0.2) is 4.57 Å². The van der Waals surface area contributed by atoms with Crippen molar-refractivity contribution in [3.8, 4) is 11.5 Å². The Morgan fingerprint density at radius 3 is 2.67 bits per heavy atom. The highest BCUT2D eigenvalue weighted by Gasteiger charge is 2.16. The van der Waals surface area contributed by atoms with E-state index in [1.54, 1.807) is 6.26 Å². The van der Waals surface area contributed by atoms with Gasteiger partial charge in [0.15, 0.2) is 5.76 Å². The molecule has 0 N–H and O–H groups in total. The first-order valence-electron chi connectivity index (χ1n) is 5.02. The Morgan fingerprint density at radius 1 is 1.40 bits per heavy atom. The average Bonchev–Trinajstić information content (AvgIpc) is 2.71. The molecule has 0 saturated heterocycles. The van der Waals surface area contributed by atoms with Crippen molar-refractivity contribution in [3.63, 3.8) is 0 Å². The molecule has 0 unspecified atom stereocenters. The monoisotopic (exact) mass is 267 g/mol. The molecule has 80 valence electrons. The maximum absolute atomic E-state index is 5.45. The van der Waals surface area contributed by atoms with E-state index in [1.807, 2.05) is 12.1 Å². The van der Waals surface area contributed by atoms with Gasteiger partial charge in [0, 0.05) is 16.2 Å². The van der Waals surface area contributed by atoms with Gasteiger partial charge >= 0.3 is 0 Å². The maximum Gasteiger partial charge on any atom is 0.151 e. The van der Waals surface area contributed by atoms with Crippen molar-refractivity contribution in [1.29, 1.82) is 0 Å². The van der Waals surface area contributed by atoms with E-state index >= 15 is 0 Å². The minimum absolute atomic E-state index is 0.427. The Bertz CT molecular complexity index is 454. The molecule has 0 aliphatic rings. The third kappa shape index (κ3) is 1.76. The van der Waals surface area contributed by atoms with Crippen LogP contribution in [0.5, 0.6) is 0 Å². The molecule has 0 aromatic carbocycles. The number of hydrogen-bond donors (Lipinski definition) is 0. The van der Waals surface area contributed by atoms with Crippen LogP contribution in [0.1, 0.15) is 25.6 Å². The summed E-state index contributed by atoms with van der Waals surface area (Å²) in [5, 5.41) is 0. The highest BCUT2D eigenvalue weighted by Crippen LogP contribution is 2.34. The molecule has 0 atom stereocenters. The molecule has 0 bridgehead atoms. The van der Waals surface area contributed by atoms with Gasteiger partial charge in [-0.25, -0.2) is 0 Å². The van der Waals surface area contributed by atoms with Crippen LogP contribution < -0.4 is 0 Å². The Balaban J connectivity index is 2.64. The fourth-order valence-electron chi connectivity index (χ4n) is 1.93. The highest BCUT2D eigenvalue weighted by molar-refractivity contribution is 9.10. The molecule has 0 saturated carbocycles. The topological polar surface area (TPSA) is 18.1 Å². The molecule has 0 amide bonds. The van der Waals surface area contributed by atoms with E-state index in [2.05, 4.69) is 47.3 Å². The van der Waals surface area contributed by atoms with Gasteiger partial charge in [-0.15, -0.1) is 0 Å². The summed E-state index contributed by atoms with van der Waals surface area (Å²) in [6.07, 6.45) is 1.70. The van der Waals surface area contributed by atoms with Crippen LogP contribution in [0.25, 0.3) is 11.5 Å². The average molecular weight is 268 g/mol. The molecule has 2 nitrogen and oxygen atoms in total. The number of aryl methyl sites for hydroxylation is 1. The van der Waals surface area contributed by atoms with E-state index in [4.69, 9.17) is 4.42 Å². The van der Waals surface area contributed by atoms with E-state index in [9.17, 15) is 0 Å². The lowest BCUT2D eigenvalue weighted by molar-refractivity contribution is 0.550. The van der Waals surface area contributed by atoms with Crippen molar-refractivity contribution in [2.45, 2.75) is 26.8 Å². The molecule has 3 heteroatoms. The Kier molecular flexibility index (Phi) is 2.74. The normalized spacial score (nSPS) is 11.3. The summed E-state index contributed by atoms with van der Waals surface area (Å²) in [6, 6.07) is 6.45. The SMILES string of the molecule is Cc1cc(Br)c(-c2ccco2)n1C(C)C. The largest absolute Gasteiger partial charge is 0.463 e. The molecule has 0 spiro atoms. The van der Waals surface area contributed by atoms with Crippen LogP contribution in [0, 0.1) is 6.92 Å². The molecule has 0 radical (unpaired) electrons. The van der Waals surface area contributed by atoms with Gasteiger partial charge in [-0.2, -0.15) is 0 Å². The zero-order valence-electron chi connectivity index (χ0n) is 9.12. The Labute approximate surface area is 98.0 Å². The summed E-state index contributed by atoms with van der Waals surface area (Å²) < 4.78 is 8.81. The summed E-state index contributed by atoms with van der Waals surface area (Å²) in [5.41, 5.74) is 2.36. The fraction of sp³-hybridized carbons (Fsp3) is 0.333. The van der Waals surface area contributed by atoms with E-state index in [1.165, 1.54) is 5.69 Å². The summed E-state index contributed by atoms with van der Waals surface area (Å²) in [4.78, 5) is 0. The van der Waals surface area contributed by atoms with Crippen LogP contribution in [0.15, 0.2) is 33.4 Å². The van der Waals surface area contributed by atoms with E-state index in [0.29, 0.717) is 6.04 Å². The second kappa shape index (κ2) is 3.89. The third-order valence-electron chi connectivity index (χ3n) is 2.45. The number of hydrogen-bond acceptors (Lipinski definition) is 1. The molecule has 2 heterocycles. The number of nitrogens with zero attached hydrogens (tertiary/aromatic N) is 1. The second-order valence-electron chi connectivity index (χ2n) is 3.92. The van der Waals surface area contributed by atoms with Crippen LogP contribution in [0.2, 0.25) is 0 Å². The lowest BCUT2D eigenvalue weighted by atomic mass is 10.3. The lowest BCUT2D eigenvalue weighted by Gasteiger charge is -2.14. The number of furan rings is 1. The van der Waals surface area contributed by atoms with Crippen LogP contribution in [-0.2, 0) is 0 Å². The van der Waals surface area contributed by atoms with Gasteiger partial charge in [-0.05, 0) is 54.9 Å². The molecular weight excluding hydrogens is 254 g/mol. The predicted octanol–water partition coefficient (Wildman–Crippen LogP) is 4.40.